The number of carbonyl (C=O) groups excluding carboxylic acids is 1. The first kappa shape index (κ1) is 18.5. The molecule has 1 fully saturated rings. The van der Waals surface area contributed by atoms with Crippen molar-refractivity contribution in [2.45, 2.75) is 25.1 Å². The van der Waals surface area contributed by atoms with E-state index in [4.69, 9.17) is 11.6 Å². The van der Waals surface area contributed by atoms with Gasteiger partial charge in [0.25, 0.3) is 5.91 Å². The van der Waals surface area contributed by atoms with E-state index in [1.165, 1.54) is 4.68 Å². The van der Waals surface area contributed by atoms with Crippen LogP contribution in [0, 0.1) is 0 Å². The summed E-state index contributed by atoms with van der Waals surface area (Å²) in [5.41, 5.74) is -0.571. The number of rotatable bonds is 3. The van der Waals surface area contributed by atoms with Gasteiger partial charge in [0.15, 0.2) is 0 Å². The Balaban J connectivity index is 1.69. The topological polar surface area (TPSA) is 63.1 Å². The van der Waals surface area contributed by atoms with Crippen molar-refractivity contribution in [1.29, 1.82) is 0 Å². The van der Waals surface area contributed by atoms with Crippen molar-refractivity contribution in [3.63, 3.8) is 0 Å². The number of hydrogen-bond acceptors (Lipinski definition) is 4. The van der Waals surface area contributed by atoms with Crippen LogP contribution in [-0.4, -0.2) is 39.8 Å². The molecule has 140 valence electrons. The van der Waals surface area contributed by atoms with Crippen molar-refractivity contribution in [1.82, 2.24) is 20.1 Å². The van der Waals surface area contributed by atoms with E-state index in [0.717, 1.165) is 25.1 Å². The number of anilines is 1. The fourth-order valence-electron chi connectivity index (χ4n) is 2.90. The Morgan fingerprint density at radius 1 is 1.42 bits per heavy atom. The molecule has 1 aliphatic heterocycles. The molecular weight excluding hydrogens is 371 g/mol. The minimum Gasteiger partial charge on any atom is -0.353 e. The number of pyridine rings is 1. The molecule has 3 rings (SSSR count). The molecule has 1 unspecified atom stereocenters. The number of nitrogens with one attached hydrogen (secondary N) is 1. The van der Waals surface area contributed by atoms with Gasteiger partial charge >= 0.3 is 6.18 Å². The molecule has 0 saturated carbocycles. The highest BCUT2D eigenvalue weighted by molar-refractivity contribution is 6.33. The molecule has 0 bridgehead atoms. The van der Waals surface area contributed by atoms with Crippen molar-refractivity contribution in [2.75, 3.05) is 18.0 Å². The molecule has 1 amide bonds. The largest absolute Gasteiger partial charge is 0.417 e. The summed E-state index contributed by atoms with van der Waals surface area (Å²) in [6.45, 7) is 1.02. The first-order valence-electron chi connectivity index (χ1n) is 8.02. The molecule has 10 heteroatoms. The van der Waals surface area contributed by atoms with Gasteiger partial charge in [0.1, 0.15) is 11.5 Å². The number of hydrogen-bond donors (Lipinski definition) is 1. The molecule has 3 heterocycles. The first-order valence-corrected chi connectivity index (χ1v) is 8.40. The van der Waals surface area contributed by atoms with Gasteiger partial charge in [-0.3, -0.25) is 9.48 Å². The normalized spacial score (nSPS) is 18.0. The third-order valence-electron chi connectivity index (χ3n) is 4.15. The van der Waals surface area contributed by atoms with E-state index >= 15 is 0 Å². The van der Waals surface area contributed by atoms with E-state index in [1.54, 1.807) is 24.2 Å². The number of halogens is 4. The minimum absolute atomic E-state index is 0.0588. The third-order valence-corrected chi connectivity index (χ3v) is 4.43. The standard InChI is InChI=1S/C16H17ClF3N5O/c1-24-6-4-13(23-24)15(26)22-11-3-2-5-25(9-11)14-12(17)7-10(8-21-14)16(18,19)20/h4,6-8,11H,2-3,5,9H2,1H3,(H,22,26). The lowest BCUT2D eigenvalue weighted by molar-refractivity contribution is -0.137. The van der Waals surface area contributed by atoms with E-state index in [0.29, 0.717) is 18.8 Å². The molecule has 0 aromatic carbocycles. The Labute approximate surface area is 153 Å². The van der Waals surface area contributed by atoms with Gasteiger partial charge in [-0.1, -0.05) is 11.6 Å². The predicted octanol–water partition coefficient (Wildman–Crippen LogP) is 2.89. The van der Waals surface area contributed by atoms with E-state index in [2.05, 4.69) is 15.4 Å². The van der Waals surface area contributed by atoms with Crippen LogP contribution in [0.1, 0.15) is 28.9 Å². The summed E-state index contributed by atoms with van der Waals surface area (Å²) in [5, 5.41) is 6.89. The Kier molecular flexibility index (Phi) is 5.08. The number of amides is 1. The molecule has 1 N–H and O–H groups in total. The summed E-state index contributed by atoms with van der Waals surface area (Å²) in [5.74, 6) is 0.000349. The van der Waals surface area contributed by atoms with E-state index < -0.39 is 11.7 Å². The zero-order chi connectivity index (χ0) is 18.9. The summed E-state index contributed by atoms with van der Waals surface area (Å²) in [4.78, 5) is 17.9. The van der Waals surface area contributed by atoms with Crippen molar-refractivity contribution < 1.29 is 18.0 Å². The fraction of sp³-hybridized carbons (Fsp3) is 0.438. The summed E-state index contributed by atoms with van der Waals surface area (Å²) in [6.07, 6.45) is -0.527. The van der Waals surface area contributed by atoms with E-state index in [1.807, 2.05) is 0 Å². The lowest BCUT2D eigenvalue weighted by Gasteiger charge is -2.34. The quantitative estimate of drug-likeness (QED) is 0.879. The zero-order valence-electron chi connectivity index (χ0n) is 13.9. The van der Waals surface area contributed by atoms with E-state index in [-0.39, 0.29) is 22.8 Å². The molecule has 1 saturated heterocycles. The summed E-state index contributed by atoms with van der Waals surface area (Å²) in [6, 6.07) is 2.32. The predicted molar refractivity (Wildman–Crippen MR) is 90.2 cm³/mol. The van der Waals surface area contributed by atoms with Crippen LogP contribution in [0.3, 0.4) is 0 Å². The van der Waals surface area contributed by atoms with Crippen LogP contribution < -0.4 is 10.2 Å². The van der Waals surface area contributed by atoms with Gasteiger partial charge in [-0.05, 0) is 25.0 Å². The van der Waals surface area contributed by atoms with Gasteiger partial charge < -0.3 is 10.2 Å². The summed E-state index contributed by atoms with van der Waals surface area (Å²) >= 11 is 6.02. The number of piperidine rings is 1. The minimum atomic E-state index is -4.49. The average Bonchev–Trinajstić information content (AvgIpc) is 3.01. The maximum atomic E-state index is 12.7. The SMILES string of the molecule is Cn1ccc(C(=O)NC2CCCN(c3ncc(C(F)(F)F)cc3Cl)C2)n1. The van der Waals surface area contributed by atoms with Gasteiger partial charge in [0.2, 0.25) is 0 Å². The third kappa shape index (κ3) is 4.09. The molecular formula is C16H17ClF3N5O. The summed E-state index contributed by atoms with van der Waals surface area (Å²) < 4.78 is 39.8. The second-order valence-electron chi connectivity index (χ2n) is 6.16. The smallest absolute Gasteiger partial charge is 0.353 e. The van der Waals surface area contributed by atoms with Crippen LogP contribution in [0.5, 0.6) is 0 Å². The highest BCUT2D eigenvalue weighted by atomic mass is 35.5. The Morgan fingerprint density at radius 2 is 2.19 bits per heavy atom. The monoisotopic (exact) mass is 387 g/mol. The maximum Gasteiger partial charge on any atom is 0.417 e. The number of alkyl halides is 3. The van der Waals surface area contributed by atoms with Gasteiger partial charge in [0, 0.05) is 38.6 Å². The van der Waals surface area contributed by atoms with Gasteiger partial charge in [0.05, 0.1) is 10.6 Å². The van der Waals surface area contributed by atoms with Gasteiger partial charge in [-0.15, -0.1) is 0 Å². The average molecular weight is 388 g/mol. The number of carbonyl (C=O) groups is 1. The first-order chi connectivity index (χ1) is 12.2. The number of aromatic nitrogens is 3. The van der Waals surface area contributed by atoms with Gasteiger partial charge in [-0.2, -0.15) is 18.3 Å². The molecule has 1 aliphatic rings. The van der Waals surface area contributed by atoms with Crippen molar-refractivity contribution in [3.05, 3.63) is 40.8 Å². The number of aryl methyl sites for hydroxylation is 1. The molecule has 0 spiro atoms. The highest BCUT2D eigenvalue weighted by Crippen LogP contribution is 2.34. The van der Waals surface area contributed by atoms with Crippen LogP contribution in [0.2, 0.25) is 5.02 Å². The van der Waals surface area contributed by atoms with Crippen molar-refractivity contribution in [3.8, 4) is 0 Å². The Morgan fingerprint density at radius 3 is 2.81 bits per heavy atom. The van der Waals surface area contributed by atoms with Crippen LogP contribution in [0.4, 0.5) is 19.0 Å². The Bertz CT molecular complexity index is 807. The Hall–Kier alpha value is -2.29. The molecule has 0 aliphatic carbocycles. The lowest BCUT2D eigenvalue weighted by atomic mass is 10.1. The molecule has 0 radical (unpaired) electrons. The second kappa shape index (κ2) is 7.14. The zero-order valence-corrected chi connectivity index (χ0v) is 14.7. The van der Waals surface area contributed by atoms with Crippen LogP contribution in [0.15, 0.2) is 24.5 Å². The molecule has 2 aromatic heterocycles. The fourth-order valence-corrected chi connectivity index (χ4v) is 3.19. The second-order valence-corrected chi connectivity index (χ2v) is 6.57. The lowest BCUT2D eigenvalue weighted by Crippen LogP contribution is -2.48. The maximum absolute atomic E-state index is 12.7. The number of nitrogens with zero attached hydrogens (tertiary/aromatic N) is 4. The van der Waals surface area contributed by atoms with Gasteiger partial charge in [-0.25, -0.2) is 4.98 Å². The van der Waals surface area contributed by atoms with E-state index in [9.17, 15) is 18.0 Å². The van der Waals surface area contributed by atoms with Crippen molar-refractivity contribution >= 4 is 23.3 Å². The highest BCUT2D eigenvalue weighted by Gasteiger charge is 2.32. The molecule has 2 aromatic rings. The summed E-state index contributed by atoms with van der Waals surface area (Å²) in [7, 11) is 1.72. The van der Waals surface area contributed by atoms with Crippen molar-refractivity contribution in [2.24, 2.45) is 7.05 Å². The molecule has 26 heavy (non-hydrogen) atoms. The molecule has 1 atom stereocenters. The van der Waals surface area contributed by atoms with Crippen LogP contribution in [-0.2, 0) is 13.2 Å². The molecule has 6 nitrogen and oxygen atoms in total. The van der Waals surface area contributed by atoms with Crippen LogP contribution in [0.25, 0.3) is 0 Å². The van der Waals surface area contributed by atoms with Crippen LogP contribution >= 0.6 is 11.6 Å².